The summed E-state index contributed by atoms with van der Waals surface area (Å²) in [5.41, 5.74) is 1.75. The molecule has 0 fully saturated rings. The highest BCUT2D eigenvalue weighted by atomic mass is 32.1. The summed E-state index contributed by atoms with van der Waals surface area (Å²) in [7, 11) is 0. The second kappa shape index (κ2) is 8.37. The van der Waals surface area contributed by atoms with Crippen molar-refractivity contribution in [3.05, 3.63) is 24.7 Å². The summed E-state index contributed by atoms with van der Waals surface area (Å²) >= 11 is 1.43. The van der Waals surface area contributed by atoms with Gasteiger partial charge in [0.25, 0.3) is 6.47 Å². The SMILES string of the molecule is CC(C)[C@H](CO)Nc1ncnc2[nH]c(-c3ccns3)cc12.O=CO. The van der Waals surface area contributed by atoms with Crippen molar-refractivity contribution in [3.8, 4) is 10.6 Å². The summed E-state index contributed by atoms with van der Waals surface area (Å²) in [6.45, 7) is 3.94. The maximum Gasteiger partial charge on any atom is 0.290 e. The van der Waals surface area contributed by atoms with Crippen LogP contribution in [0.5, 0.6) is 0 Å². The fraction of sp³-hybridized carbons (Fsp3) is 0.333. The smallest absolute Gasteiger partial charge is 0.290 e. The number of H-pyrrole nitrogens is 1. The molecule has 3 heterocycles. The van der Waals surface area contributed by atoms with E-state index in [-0.39, 0.29) is 19.1 Å². The summed E-state index contributed by atoms with van der Waals surface area (Å²) < 4.78 is 4.11. The first-order valence-corrected chi connectivity index (χ1v) is 8.08. The molecule has 0 amide bonds. The standard InChI is InChI=1S/C14H17N5OS.CH2O2/c1-8(2)11(6-20)19-14-9-5-10(12-3-4-17-21-12)18-13(9)15-7-16-14;2-1-3/h3-5,7-8,11,20H,6H2,1-2H3,(H2,15,16,18,19);1H,(H,2,3)/t11-;/m0./s1. The number of aromatic nitrogens is 4. The van der Waals surface area contributed by atoms with E-state index in [1.807, 2.05) is 12.1 Å². The molecule has 3 aromatic rings. The molecule has 0 aromatic carbocycles. The van der Waals surface area contributed by atoms with Crippen molar-refractivity contribution in [2.75, 3.05) is 11.9 Å². The minimum Gasteiger partial charge on any atom is -0.483 e. The van der Waals surface area contributed by atoms with Crippen LogP contribution in [0.4, 0.5) is 5.82 Å². The Labute approximate surface area is 142 Å². The van der Waals surface area contributed by atoms with Gasteiger partial charge in [-0.05, 0) is 29.6 Å². The van der Waals surface area contributed by atoms with Gasteiger partial charge in [0.2, 0.25) is 0 Å². The Kier molecular flexibility index (Phi) is 6.21. The van der Waals surface area contributed by atoms with Crippen LogP contribution < -0.4 is 5.32 Å². The summed E-state index contributed by atoms with van der Waals surface area (Å²) in [6, 6.07) is 3.94. The lowest BCUT2D eigenvalue weighted by Gasteiger charge is -2.20. The quantitative estimate of drug-likeness (QED) is 0.521. The van der Waals surface area contributed by atoms with Crippen LogP contribution in [0.2, 0.25) is 0 Å². The van der Waals surface area contributed by atoms with Crippen LogP contribution >= 0.6 is 11.5 Å². The van der Waals surface area contributed by atoms with Crippen molar-refractivity contribution in [2.24, 2.45) is 5.92 Å². The van der Waals surface area contributed by atoms with E-state index in [0.717, 1.165) is 27.4 Å². The zero-order chi connectivity index (χ0) is 17.5. The first-order chi connectivity index (χ1) is 11.6. The number of aromatic amines is 1. The number of hydrogen-bond donors (Lipinski definition) is 4. The number of aliphatic hydroxyl groups excluding tert-OH is 1. The normalized spacial score (nSPS) is 11.8. The Morgan fingerprint density at radius 3 is 2.75 bits per heavy atom. The van der Waals surface area contributed by atoms with Crippen molar-refractivity contribution in [1.82, 2.24) is 19.3 Å². The van der Waals surface area contributed by atoms with Crippen molar-refractivity contribution in [3.63, 3.8) is 0 Å². The highest BCUT2D eigenvalue weighted by Crippen LogP contribution is 2.29. The molecule has 0 aliphatic carbocycles. The number of nitrogens with zero attached hydrogens (tertiary/aromatic N) is 3. The Balaban J connectivity index is 0.000000647. The van der Waals surface area contributed by atoms with Crippen LogP contribution in [0.15, 0.2) is 24.7 Å². The summed E-state index contributed by atoms with van der Waals surface area (Å²) in [4.78, 5) is 21.3. The molecule has 4 N–H and O–H groups in total. The van der Waals surface area contributed by atoms with Crippen LogP contribution in [0, 0.1) is 5.92 Å². The molecule has 0 bridgehead atoms. The van der Waals surface area contributed by atoms with Crippen molar-refractivity contribution in [1.29, 1.82) is 0 Å². The summed E-state index contributed by atoms with van der Waals surface area (Å²) in [5.74, 6) is 1.04. The van der Waals surface area contributed by atoms with E-state index in [9.17, 15) is 5.11 Å². The maximum atomic E-state index is 9.46. The van der Waals surface area contributed by atoms with E-state index in [2.05, 4.69) is 38.5 Å². The van der Waals surface area contributed by atoms with E-state index in [1.165, 1.54) is 17.9 Å². The Morgan fingerprint density at radius 1 is 1.42 bits per heavy atom. The number of rotatable bonds is 5. The fourth-order valence-corrected chi connectivity index (χ4v) is 2.71. The molecule has 0 radical (unpaired) electrons. The largest absolute Gasteiger partial charge is 0.483 e. The lowest BCUT2D eigenvalue weighted by Crippen LogP contribution is -2.29. The van der Waals surface area contributed by atoms with Gasteiger partial charge in [-0.2, -0.15) is 0 Å². The van der Waals surface area contributed by atoms with Gasteiger partial charge in [0.1, 0.15) is 17.8 Å². The third kappa shape index (κ3) is 4.06. The van der Waals surface area contributed by atoms with E-state index in [0.29, 0.717) is 5.92 Å². The number of aliphatic hydroxyl groups is 1. The molecular weight excluding hydrogens is 330 g/mol. The molecule has 0 saturated heterocycles. The summed E-state index contributed by atoms with van der Waals surface area (Å²) in [6.07, 6.45) is 3.29. The first-order valence-electron chi connectivity index (χ1n) is 7.30. The minimum absolute atomic E-state index is 0.0372. The van der Waals surface area contributed by atoms with Crippen LogP contribution in [-0.4, -0.2) is 48.7 Å². The lowest BCUT2D eigenvalue weighted by atomic mass is 10.1. The third-order valence-corrected chi connectivity index (χ3v) is 4.23. The van der Waals surface area contributed by atoms with Crippen LogP contribution in [-0.2, 0) is 4.79 Å². The highest BCUT2D eigenvalue weighted by molar-refractivity contribution is 7.09. The van der Waals surface area contributed by atoms with Gasteiger partial charge in [-0.25, -0.2) is 14.3 Å². The van der Waals surface area contributed by atoms with E-state index >= 15 is 0 Å². The van der Waals surface area contributed by atoms with E-state index in [1.54, 1.807) is 6.20 Å². The first kappa shape index (κ1) is 17.8. The van der Waals surface area contributed by atoms with Gasteiger partial charge in [0, 0.05) is 6.20 Å². The summed E-state index contributed by atoms with van der Waals surface area (Å²) in [5, 5.41) is 20.6. The van der Waals surface area contributed by atoms with Crippen molar-refractivity contribution in [2.45, 2.75) is 19.9 Å². The topological polar surface area (TPSA) is 124 Å². The molecule has 9 heteroatoms. The Bertz CT molecular complexity index is 773. The molecule has 0 spiro atoms. The van der Waals surface area contributed by atoms with E-state index < -0.39 is 0 Å². The highest BCUT2D eigenvalue weighted by Gasteiger charge is 2.16. The molecule has 128 valence electrons. The van der Waals surface area contributed by atoms with Crippen molar-refractivity contribution >= 4 is 34.9 Å². The fourth-order valence-electron chi connectivity index (χ4n) is 2.14. The predicted octanol–water partition coefficient (Wildman–Crippen LogP) is 2.21. The molecule has 8 nitrogen and oxygen atoms in total. The van der Waals surface area contributed by atoms with Gasteiger partial charge in [-0.3, -0.25) is 4.79 Å². The molecule has 0 unspecified atom stereocenters. The zero-order valence-electron chi connectivity index (χ0n) is 13.3. The number of carboxylic acid groups (broad SMARTS) is 1. The van der Waals surface area contributed by atoms with Crippen molar-refractivity contribution < 1.29 is 15.0 Å². The third-order valence-electron chi connectivity index (χ3n) is 3.45. The van der Waals surface area contributed by atoms with Gasteiger partial charge < -0.3 is 20.5 Å². The molecule has 3 rings (SSSR count). The maximum absolute atomic E-state index is 9.46. The average Bonchev–Trinajstić information content (AvgIpc) is 3.21. The minimum atomic E-state index is -0.250. The molecule has 0 aliphatic heterocycles. The second-order valence-electron chi connectivity index (χ2n) is 5.33. The molecular formula is C15H19N5O3S. The Morgan fingerprint density at radius 2 is 2.17 bits per heavy atom. The number of anilines is 1. The van der Waals surface area contributed by atoms with Gasteiger partial charge in [0.05, 0.1) is 28.6 Å². The number of hydrogen-bond acceptors (Lipinski definition) is 7. The molecule has 3 aromatic heterocycles. The predicted molar refractivity (Wildman–Crippen MR) is 93.0 cm³/mol. The van der Waals surface area contributed by atoms with Gasteiger partial charge >= 0.3 is 0 Å². The lowest BCUT2D eigenvalue weighted by molar-refractivity contribution is -0.122. The Hall–Kier alpha value is -2.52. The monoisotopic (exact) mass is 349 g/mol. The number of fused-ring (bicyclic) bond motifs is 1. The average molecular weight is 349 g/mol. The molecule has 24 heavy (non-hydrogen) atoms. The number of carbonyl (C=O) groups is 1. The van der Waals surface area contributed by atoms with Crippen LogP contribution in [0.1, 0.15) is 13.8 Å². The van der Waals surface area contributed by atoms with Crippen LogP contribution in [0.3, 0.4) is 0 Å². The molecule has 1 atom stereocenters. The molecule has 0 saturated carbocycles. The van der Waals surface area contributed by atoms with Gasteiger partial charge in [0.15, 0.2) is 0 Å². The zero-order valence-corrected chi connectivity index (χ0v) is 14.1. The molecule has 0 aliphatic rings. The van der Waals surface area contributed by atoms with Gasteiger partial charge in [-0.15, -0.1) is 0 Å². The van der Waals surface area contributed by atoms with Gasteiger partial charge in [-0.1, -0.05) is 13.8 Å². The van der Waals surface area contributed by atoms with Crippen LogP contribution in [0.25, 0.3) is 21.6 Å². The number of nitrogens with one attached hydrogen (secondary N) is 2. The van der Waals surface area contributed by atoms with E-state index in [4.69, 9.17) is 9.90 Å². The second-order valence-corrected chi connectivity index (χ2v) is 6.16.